The van der Waals surface area contributed by atoms with Crippen molar-refractivity contribution in [2.24, 2.45) is 0 Å². The summed E-state index contributed by atoms with van der Waals surface area (Å²) in [6.07, 6.45) is 0. The fourth-order valence-corrected chi connectivity index (χ4v) is 2.84. The Balaban J connectivity index is 2.30. The maximum absolute atomic E-state index is 13.0. The monoisotopic (exact) mass is 352 g/mol. The number of halogens is 2. The van der Waals surface area contributed by atoms with Crippen molar-refractivity contribution >= 4 is 31.0 Å². The highest BCUT2D eigenvalue weighted by Crippen LogP contribution is 2.25. The summed E-state index contributed by atoms with van der Waals surface area (Å²) < 4.78 is 82.8. The lowest BCUT2D eigenvalue weighted by Crippen LogP contribution is -2.34. The Morgan fingerprint density at radius 1 is 1.00 bits per heavy atom. The number of benzene rings is 2. The molecule has 0 aliphatic carbocycles. The largest absolute Gasteiger partial charge is 0.393 e. The second-order valence-electron chi connectivity index (χ2n) is 4.34. The first-order chi connectivity index (χ1) is 10.0. The Hall–Kier alpha value is -1.62. The Kier molecular flexibility index (Phi) is 4.22. The normalized spacial score (nSPS) is 13.4. The van der Waals surface area contributed by atoms with Gasteiger partial charge in [-0.15, -0.1) is 0 Å². The molecular formula is C12H10F2O6S2. The fraction of sp³-hybridized carbons (Fsp3) is 0.167. The number of hydrogen-bond donors (Lipinski definition) is 1. The van der Waals surface area contributed by atoms with Crippen LogP contribution in [0.5, 0.6) is 0 Å². The lowest BCUT2D eigenvalue weighted by atomic mass is 10.1. The van der Waals surface area contributed by atoms with E-state index in [1.54, 1.807) is 24.3 Å². The van der Waals surface area contributed by atoms with Gasteiger partial charge in [0.2, 0.25) is 0 Å². The topological polar surface area (TPSA) is 97.7 Å². The Morgan fingerprint density at radius 3 is 2.18 bits per heavy atom. The molecule has 0 bridgehead atoms. The van der Waals surface area contributed by atoms with Crippen molar-refractivity contribution in [1.29, 1.82) is 0 Å². The molecule has 0 saturated carbocycles. The maximum Gasteiger partial charge on any atom is 0.393 e. The molecule has 0 fully saturated rings. The third-order valence-electron chi connectivity index (χ3n) is 2.77. The maximum atomic E-state index is 13.0. The van der Waals surface area contributed by atoms with Gasteiger partial charge in [0, 0.05) is 0 Å². The minimum Gasteiger partial charge on any atom is -0.281 e. The number of alkyl halides is 2. The molecule has 0 radical (unpaired) electrons. The molecule has 2 rings (SSSR count). The van der Waals surface area contributed by atoms with Gasteiger partial charge in [-0.3, -0.25) is 8.74 Å². The van der Waals surface area contributed by atoms with Crippen molar-refractivity contribution in [3.05, 3.63) is 42.5 Å². The molecule has 0 amide bonds. The van der Waals surface area contributed by atoms with E-state index in [2.05, 4.69) is 4.18 Å². The predicted molar refractivity (Wildman–Crippen MR) is 73.6 cm³/mol. The van der Waals surface area contributed by atoms with Crippen molar-refractivity contribution in [1.82, 2.24) is 0 Å². The Morgan fingerprint density at radius 2 is 1.59 bits per heavy atom. The number of rotatable bonds is 5. The lowest BCUT2D eigenvalue weighted by Gasteiger charge is -2.13. The standard InChI is InChI=1S/C12H10F2O6S2/c13-12(14,22(17,18)19)8-20-21(15,16)11-6-5-9-3-1-2-4-10(9)7-11/h1-7H,8H2,(H,17,18,19). The summed E-state index contributed by atoms with van der Waals surface area (Å²) in [6.45, 7) is -2.01. The summed E-state index contributed by atoms with van der Waals surface area (Å²) in [5.41, 5.74) is 0. The zero-order valence-corrected chi connectivity index (χ0v) is 12.4. The van der Waals surface area contributed by atoms with Gasteiger partial charge in [-0.05, 0) is 22.9 Å². The average molecular weight is 352 g/mol. The molecule has 0 aliphatic heterocycles. The minimum atomic E-state index is -5.76. The molecule has 22 heavy (non-hydrogen) atoms. The summed E-state index contributed by atoms with van der Waals surface area (Å²) in [7, 11) is -10.4. The molecule has 1 N–H and O–H groups in total. The van der Waals surface area contributed by atoms with Gasteiger partial charge < -0.3 is 0 Å². The highest BCUT2D eigenvalue weighted by Gasteiger charge is 2.46. The van der Waals surface area contributed by atoms with E-state index in [0.29, 0.717) is 5.39 Å². The zero-order chi connectivity index (χ0) is 16.6. The van der Waals surface area contributed by atoms with Crippen LogP contribution in [0.3, 0.4) is 0 Å². The Labute approximate surface area is 125 Å². The van der Waals surface area contributed by atoms with E-state index >= 15 is 0 Å². The summed E-state index contributed by atoms with van der Waals surface area (Å²) in [5.74, 6) is 0. The highest BCUT2D eigenvalue weighted by molar-refractivity contribution is 7.87. The van der Waals surface area contributed by atoms with Crippen LogP contribution >= 0.6 is 0 Å². The molecule has 6 nitrogen and oxygen atoms in total. The molecule has 0 unspecified atom stereocenters. The van der Waals surface area contributed by atoms with Crippen LogP contribution in [0.15, 0.2) is 47.4 Å². The van der Waals surface area contributed by atoms with E-state index in [1.165, 1.54) is 12.1 Å². The summed E-state index contributed by atoms with van der Waals surface area (Å²) in [5, 5.41) is -3.46. The van der Waals surface area contributed by atoms with Gasteiger partial charge in [0.05, 0.1) is 4.90 Å². The van der Waals surface area contributed by atoms with E-state index < -0.39 is 37.0 Å². The molecule has 0 spiro atoms. The first kappa shape index (κ1) is 16.7. The molecule has 0 atom stereocenters. The third kappa shape index (κ3) is 3.40. The summed E-state index contributed by atoms with van der Waals surface area (Å²) >= 11 is 0. The second kappa shape index (κ2) is 5.54. The predicted octanol–water partition coefficient (Wildman–Crippen LogP) is 2.03. The van der Waals surface area contributed by atoms with Crippen molar-refractivity contribution < 1.29 is 34.4 Å². The van der Waals surface area contributed by atoms with Crippen LogP contribution in [0.4, 0.5) is 8.78 Å². The highest BCUT2D eigenvalue weighted by atomic mass is 32.2. The van der Waals surface area contributed by atoms with Crippen LogP contribution in [-0.2, 0) is 24.4 Å². The van der Waals surface area contributed by atoms with Crippen molar-refractivity contribution in [2.45, 2.75) is 10.2 Å². The SMILES string of the molecule is O=S(=O)(OCC(F)(F)S(=O)(=O)O)c1ccc2ccccc2c1. The van der Waals surface area contributed by atoms with E-state index in [-0.39, 0.29) is 0 Å². The first-order valence-electron chi connectivity index (χ1n) is 5.76. The van der Waals surface area contributed by atoms with Gasteiger partial charge in [-0.2, -0.15) is 25.6 Å². The lowest BCUT2D eigenvalue weighted by molar-refractivity contribution is 0.0312. The van der Waals surface area contributed by atoms with Gasteiger partial charge in [0.25, 0.3) is 10.1 Å². The Bertz CT molecular complexity index is 906. The summed E-state index contributed by atoms with van der Waals surface area (Å²) in [6, 6.07) is 10.5. The van der Waals surface area contributed by atoms with Gasteiger partial charge in [-0.25, -0.2) is 0 Å². The average Bonchev–Trinajstić information content (AvgIpc) is 2.44. The van der Waals surface area contributed by atoms with Gasteiger partial charge in [-0.1, -0.05) is 30.3 Å². The minimum absolute atomic E-state index is 0.405. The molecule has 2 aromatic rings. The van der Waals surface area contributed by atoms with Crippen LogP contribution < -0.4 is 0 Å². The van der Waals surface area contributed by atoms with Crippen molar-refractivity contribution in [2.75, 3.05) is 6.61 Å². The van der Waals surface area contributed by atoms with Crippen molar-refractivity contribution in [3.8, 4) is 0 Å². The molecule has 2 aromatic carbocycles. The molecule has 0 aliphatic rings. The summed E-state index contributed by atoms with van der Waals surface area (Å²) in [4.78, 5) is -0.405. The van der Waals surface area contributed by atoms with Gasteiger partial charge in [0.1, 0.15) is 6.61 Å². The van der Waals surface area contributed by atoms with E-state index in [9.17, 15) is 25.6 Å². The van der Waals surface area contributed by atoms with Crippen LogP contribution in [0.25, 0.3) is 10.8 Å². The van der Waals surface area contributed by atoms with Crippen LogP contribution in [0.1, 0.15) is 0 Å². The van der Waals surface area contributed by atoms with Crippen LogP contribution in [0, 0.1) is 0 Å². The third-order valence-corrected chi connectivity index (χ3v) is 4.90. The molecular weight excluding hydrogens is 342 g/mol. The zero-order valence-electron chi connectivity index (χ0n) is 10.8. The molecule has 120 valence electrons. The molecule has 10 heteroatoms. The van der Waals surface area contributed by atoms with E-state index in [4.69, 9.17) is 4.55 Å². The molecule has 0 aromatic heterocycles. The van der Waals surface area contributed by atoms with Crippen molar-refractivity contribution in [3.63, 3.8) is 0 Å². The fourth-order valence-electron chi connectivity index (χ4n) is 1.61. The quantitative estimate of drug-likeness (QED) is 0.653. The smallest absolute Gasteiger partial charge is 0.281 e. The van der Waals surface area contributed by atoms with Gasteiger partial charge >= 0.3 is 15.4 Å². The molecule has 0 saturated heterocycles. The van der Waals surface area contributed by atoms with Gasteiger partial charge in [0.15, 0.2) is 0 Å². The van der Waals surface area contributed by atoms with E-state index in [1.807, 2.05) is 0 Å². The number of hydrogen-bond acceptors (Lipinski definition) is 5. The molecule has 0 heterocycles. The van der Waals surface area contributed by atoms with E-state index in [0.717, 1.165) is 11.5 Å². The number of fused-ring (bicyclic) bond motifs is 1. The van der Waals surface area contributed by atoms with Crippen LogP contribution in [0.2, 0.25) is 0 Å². The van der Waals surface area contributed by atoms with Crippen LogP contribution in [-0.4, -0.2) is 33.2 Å². The second-order valence-corrected chi connectivity index (χ2v) is 7.50. The first-order valence-corrected chi connectivity index (χ1v) is 8.61.